The summed E-state index contributed by atoms with van der Waals surface area (Å²) in [4.78, 5) is 39.6. The molecule has 1 aromatic heterocycles. The maximum atomic E-state index is 13.1. The normalized spacial score (nSPS) is 13.4. The number of amides is 1. The number of anilines is 1. The van der Waals surface area contributed by atoms with Crippen LogP contribution < -0.4 is 10.2 Å². The molecule has 0 unspecified atom stereocenters. The molecule has 0 fully saturated rings. The van der Waals surface area contributed by atoms with E-state index in [1.54, 1.807) is 0 Å². The maximum Gasteiger partial charge on any atom is 0.490 e. The van der Waals surface area contributed by atoms with Gasteiger partial charge in [-0.2, -0.15) is 26.3 Å². The smallest absolute Gasteiger partial charge is 0.475 e. The van der Waals surface area contributed by atoms with Gasteiger partial charge in [0.2, 0.25) is 0 Å². The fourth-order valence-electron chi connectivity index (χ4n) is 3.52. The fourth-order valence-corrected chi connectivity index (χ4v) is 3.52. The molecule has 1 aliphatic rings. The first kappa shape index (κ1) is 36.1. The van der Waals surface area contributed by atoms with Gasteiger partial charge in [0.05, 0.1) is 5.56 Å². The van der Waals surface area contributed by atoms with Crippen molar-refractivity contribution in [3.05, 3.63) is 58.5 Å². The van der Waals surface area contributed by atoms with Gasteiger partial charge < -0.3 is 20.4 Å². The quantitative estimate of drug-likeness (QED) is 0.428. The molecule has 9 nitrogen and oxygen atoms in total. The van der Waals surface area contributed by atoms with Crippen LogP contribution in [0.5, 0.6) is 0 Å². The largest absolute Gasteiger partial charge is 0.490 e. The lowest BCUT2D eigenvalue weighted by molar-refractivity contribution is -0.193. The van der Waals surface area contributed by atoms with Crippen LogP contribution in [0.2, 0.25) is 0 Å². The molecule has 1 aromatic carbocycles. The Morgan fingerprint density at radius 2 is 1.43 bits per heavy atom. The number of carboxylic acid groups (broad SMARTS) is 2. The van der Waals surface area contributed by atoms with Gasteiger partial charge >= 0.3 is 24.3 Å². The number of benzene rings is 1. The predicted octanol–water partition coefficient (Wildman–Crippen LogP) is 4.29. The molecule has 0 radical (unpaired) electrons. The van der Waals surface area contributed by atoms with Gasteiger partial charge in [0.1, 0.15) is 11.6 Å². The number of halogens is 7. The molecule has 2 heterocycles. The van der Waals surface area contributed by atoms with E-state index in [9.17, 15) is 35.5 Å². The number of carboxylic acids is 2. The fraction of sp³-hybridized carbons (Fsp3) is 0.462. The lowest BCUT2D eigenvalue weighted by Crippen LogP contribution is -2.32. The summed E-state index contributed by atoms with van der Waals surface area (Å²) in [5.74, 6) is -5.09. The lowest BCUT2D eigenvalue weighted by Gasteiger charge is -2.19. The molecular formula is C26H31F7N4O5. The van der Waals surface area contributed by atoms with Gasteiger partial charge in [-0.25, -0.2) is 19.0 Å². The third kappa shape index (κ3) is 12.3. The molecule has 3 rings (SSSR count). The molecular weight excluding hydrogens is 581 g/mol. The van der Waals surface area contributed by atoms with E-state index in [-0.39, 0.29) is 17.8 Å². The second kappa shape index (κ2) is 15.3. The summed E-state index contributed by atoms with van der Waals surface area (Å²) in [6.07, 6.45) is -8.48. The number of aliphatic carboxylic acids is 2. The van der Waals surface area contributed by atoms with E-state index in [0.717, 1.165) is 49.3 Å². The minimum atomic E-state index is -5.08. The average Bonchev–Trinajstić information content (AvgIpc) is 3.05. The Labute approximate surface area is 236 Å². The first-order valence-electron chi connectivity index (χ1n) is 12.3. The van der Waals surface area contributed by atoms with Crippen molar-refractivity contribution in [3.8, 4) is 0 Å². The van der Waals surface area contributed by atoms with Crippen LogP contribution in [0.1, 0.15) is 41.0 Å². The number of nitrogens with one attached hydrogen (secondary N) is 1. The van der Waals surface area contributed by atoms with Gasteiger partial charge in [-0.05, 0) is 49.6 Å². The highest BCUT2D eigenvalue weighted by Gasteiger charge is 2.38. The number of alkyl halides is 6. The van der Waals surface area contributed by atoms with E-state index in [0.29, 0.717) is 11.4 Å². The molecule has 1 amide bonds. The predicted molar refractivity (Wildman–Crippen MR) is 138 cm³/mol. The van der Waals surface area contributed by atoms with Crippen molar-refractivity contribution >= 4 is 23.7 Å². The second-order valence-electron chi connectivity index (χ2n) is 9.50. The highest BCUT2D eigenvalue weighted by molar-refractivity contribution is 5.99. The Hall–Kier alpha value is -3.95. The number of carbonyl (C=O) groups excluding carboxylic acids is 1. The molecule has 0 spiro atoms. The van der Waals surface area contributed by atoms with E-state index in [1.807, 2.05) is 51.0 Å². The first-order valence-corrected chi connectivity index (χ1v) is 12.3. The standard InChI is InChI=1S/C22H29FN4O.2C2HF3O2/c1-15(2)24-22(28)19-13-17-9-11-27(14-16-5-7-18(23)8-6-16)12-10-20(17)25-21(19)26(3)4;2*3-2(4,5)1(6)7/h5-8,13,15H,9-12,14H2,1-4H3,(H,24,28);2*(H,6,7). The Bertz CT molecular complexity index is 1190. The third-order valence-corrected chi connectivity index (χ3v) is 5.43. The number of rotatable bonds is 5. The number of nitrogens with zero attached hydrogens (tertiary/aromatic N) is 3. The molecule has 0 saturated heterocycles. The summed E-state index contributed by atoms with van der Waals surface area (Å²) in [6, 6.07) is 8.77. The number of carbonyl (C=O) groups is 3. The van der Waals surface area contributed by atoms with Crippen LogP contribution in [0.15, 0.2) is 30.3 Å². The maximum absolute atomic E-state index is 13.1. The summed E-state index contributed by atoms with van der Waals surface area (Å²) in [7, 11) is 3.83. The molecule has 234 valence electrons. The van der Waals surface area contributed by atoms with Crippen LogP contribution in [0.25, 0.3) is 0 Å². The van der Waals surface area contributed by atoms with Gasteiger partial charge in [-0.15, -0.1) is 0 Å². The molecule has 3 N–H and O–H groups in total. The van der Waals surface area contributed by atoms with E-state index in [1.165, 1.54) is 12.1 Å². The Morgan fingerprint density at radius 1 is 0.952 bits per heavy atom. The van der Waals surface area contributed by atoms with Crippen LogP contribution in [-0.2, 0) is 29.0 Å². The molecule has 16 heteroatoms. The van der Waals surface area contributed by atoms with Crippen molar-refractivity contribution in [1.29, 1.82) is 0 Å². The highest BCUT2D eigenvalue weighted by Crippen LogP contribution is 2.24. The summed E-state index contributed by atoms with van der Waals surface area (Å²) in [5.41, 5.74) is 3.93. The van der Waals surface area contributed by atoms with Crippen LogP contribution in [0.3, 0.4) is 0 Å². The highest BCUT2D eigenvalue weighted by atomic mass is 19.4. The van der Waals surface area contributed by atoms with Crippen LogP contribution >= 0.6 is 0 Å². The van der Waals surface area contributed by atoms with Crippen molar-refractivity contribution in [3.63, 3.8) is 0 Å². The second-order valence-corrected chi connectivity index (χ2v) is 9.50. The van der Waals surface area contributed by atoms with Crippen LogP contribution in [-0.4, -0.2) is 83.5 Å². The molecule has 0 saturated carbocycles. The van der Waals surface area contributed by atoms with Gasteiger partial charge in [0.15, 0.2) is 0 Å². The Kier molecular flexibility index (Phi) is 13.2. The number of aromatic nitrogens is 1. The zero-order valence-electron chi connectivity index (χ0n) is 23.1. The molecule has 0 aliphatic carbocycles. The van der Waals surface area contributed by atoms with Crippen molar-refractivity contribution in [1.82, 2.24) is 15.2 Å². The third-order valence-electron chi connectivity index (χ3n) is 5.43. The molecule has 2 aromatic rings. The number of pyridine rings is 1. The number of fused-ring (bicyclic) bond motifs is 1. The van der Waals surface area contributed by atoms with Gasteiger partial charge in [-0.1, -0.05) is 12.1 Å². The topological polar surface area (TPSA) is 123 Å². The lowest BCUT2D eigenvalue weighted by atomic mass is 10.0. The molecule has 0 bridgehead atoms. The van der Waals surface area contributed by atoms with Crippen molar-refractivity contribution in [2.75, 3.05) is 32.1 Å². The van der Waals surface area contributed by atoms with E-state index in [2.05, 4.69) is 10.2 Å². The first-order chi connectivity index (χ1) is 19.2. The summed E-state index contributed by atoms with van der Waals surface area (Å²) >= 11 is 0. The molecule has 0 atom stereocenters. The van der Waals surface area contributed by atoms with E-state index >= 15 is 0 Å². The van der Waals surface area contributed by atoms with Crippen molar-refractivity contribution < 1.29 is 55.3 Å². The molecule has 1 aliphatic heterocycles. The monoisotopic (exact) mass is 612 g/mol. The van der Waals surface area contributed by atoms with Gasteiger partial charge in [-0.3, -0.25) is 9.69 Å². The van der Waals surface area contributed by atoms with Gasteiger partial charge in [0, 0.05) is 51.9 Å². The summed E-state index contributed by atoms with van der Waals surface area (Å²) in [5, 5.41) is 17.2. The Morgan fingerprint density at radius 3 is 1.86 bits per heavy atom. The SMILES string of the molecule is CC(C)NC(=O)c1cc2c(nc1N(C)C)CCN(Cc1ccc(F)cc1)CC2.O=C(O)C(F)(F)F.O=C(O)C(F)(F)F. The molecule has 42 heavy (non-hydrogen) atoms. The van der Waals surface area contributed by atoms with Gasteiger partial charge in [0.25, 0.3) is 5.91 Å². The van der Waals surface area contributed by atoms with E-state index in [4.69, 9.17) is 24.8 Å². The summed E-state index contributed by atoms with van der Waals surface area (Å²) < 4.78 is 76.6. The van der Waals surface area contributed by atoms with Crippen LogP contribution in [0.4, 0.5) is 36.6 Å². The minimum Gasteiger partial charge on any atom is -0.475 e. The van der Waals surface area contributed by atoms with Crippen LogP contribution in [0, 0.1) is 5.82 Å². The van der Waals surface area contributed by atoms with Crippen molar-refractivity contribution in [2.24, 2.45) is 0 Å². The average molecular weight is 613 g/mol. The minimum absolute atomic E-state index is 0.0764. The zero-order valence-corrected chi connectivity index (χ0v) is 23.1. The summed E-state index contributed by atoms with van der Waals surface area (Å²) in [6.45, 7) is 6.48. The van der Waals surface area contributed by atoms with E-state index < -0.39 is 24.3 Å². The Balaban J connectivity index is 0.000000522. The zero-order chi connectivity index (χ0) is 32.4. The number of hydrogen-bond donors (Lipinski definition) is 3. The number of hydrogen-bond acceptors (Lipinski definition) is 6. The van der Waals surface area contributed by atoms with Crippen molar-refractivity contribution in [2.45, 2.75) is 51.6 Å².